The van der Waals surface area contributed by atoms with Gasteiger partial charge in [-0.3, -0.25) is 4.79 Å². The van der Waals surface area contributed by atoms with Crippen LogP contribution >= 0.6 is 0 Å². The van der Waals surface area contributed by atoms with Crippen LogP contribution in [0.25, 0.3) is 0 Å². The van der Waals surface area contributed by atoms with Crippen molar-refractivity contribution >= 4 is 5.97 Å². The van der Waals surface area contributed by atoms with Crippen LogP contribution in [0.5, 0.6) is 0 Å². The maximum Gasteiger partial charge on any atom is 0.311 e. The second kappa shape index (κ2) is 4.09. The topological polar surface area (TPSA) is 35.5 Å². The predicted molar refractivity (Wildman–Crippen MR) is 47.3 cm³/mol. The molecule has 0 aromatic rings. The van der Waals surface area contributed by atoms with Gasteiger partial charge < -0.3 is 9.47 Å². The lowest BCUT2D eigenvalue weighted by atomic mass is 9.90. The molecule has 3 nitrogen and oxygen atoms in total. The number of hydrogen-bond acceptors (Lipinski definition) is 3. The van der Waals surface area contributed by atoms with Gasteiger partial charge in [-0.1, -0.05) is 0 Å². The minimum absolute atomic E-state index is 0.0223. The first-order valence-electron chi connectivity index (χ1n) is 5.16. The molecule has 13 heavy (non-hydrogen) atoms. The van der Waals surface area contributed by atoms with E-state index in [-0.39, 0.29) is 18.0 Å². The summed E-state index contributed by atoms with van der Waals surface area (Å²) in [5, 5.41) is 0. The molecule has 0 aromatic carbocycles. The van der Waals surface area contributed by atoms with Gasteiger partial charge in [-0.25, -0.2) is 0 Å². The average Bonchev–Trinajstić information content (AvgIpc) is 2.20. The average molecular weight is 184 g/mol. The molecule has 2 aliphatic rings. The third-order valence-corrected chi connectivity index (χ3v) is 2.87. The van der Waals surface area contributed by atoms with Crippen molar-refractivity contribution in [1.29, 1.82) is 0 Å². The zero-order valence-corrected chi connectivity index (χ0v) is 7.83. The lowest BCUT2D eigenvalue weighted by Gasteiger charge is -2.31. The van der Waals surface area contributed by atoms with E-state index in [0.717, 1.165) is 32.3 Å². The molecule has 0 radical (unpaired) electrons. The SMILES string of the molecule is O=C1OCCCC1C1CCCCO1. The number of rotatable bonds is 1. The van der Waals surface area contributed by atoms with E-state index < -0.39 is 0 Å². The van der Waals surface area contributed by atoms with Crippen LogP contribution in [0.4, 0.5) is 0 Å². The fourth-order valence-electron chi connectivity index (χ4n) is 2.12. The van der Waals surface area contributed by atoms with E-state index in [0.29, 0.717) is 6.61 Å². The maximum absolute atomic E-state index is 11.4. The second-order valence-corrected chi connectivity index (χ2v) is 3.82. The summed E-state index contributed by atoms with van der Waals surface area (Å²) in [4.78, 5) is 11.4. The van der Waals surface area contributed by atoms with E-state index >= 15 is 0 Å². The molecule has 2 aliphatic heterocycles. The molecule has 0 N–H and O–H groups in total. The molecule has 0 aliphatic carbocycles. The van der Waals surface area contributed by atoms with Gasteiger partial charge in [0.15, 0.2) is 0 Å². The van der Waals surface area contributed by atoms with Crippen LogP contribution in [0.15, 0.2) is 0 Å². The van der Waals surface area contributed by atoms with Crippen molar-refractivity contribution in [2.75, 3.05) is 13.2 Å². The molecule has 0 amide bonds. The van der Waals surface area contributed by atoms with Crippen molar-refractivity contribution in [2.45, 2.75) is 38.2 Å². The van der Waals surface area contributed by atoms with Gasteiger partial charge in [0.05, 0.1) is 18.6 Å². The number of carbonyl (C=O) groups is 1. The maximum atomic E-state index is 11.4. The first kappa shape index (κ1) is 9.00. The van der Waals surface area contributed by atoms with Crippen molar-refractivity contribution in [3.8, 4) is 0 Å². The summed E-state index contributed by atoms with van der Waals surface area (Å²) >= 11 is 0. The molecular weight excluding hydrogens is 168 g/mol. The second-order valence-electron chi connectivity index (χ2n) is 3.82. The van der Waals surface area contributed by atoms with Gasteiger partial charge in [0, 0.05) is 6.61 Å². The summed E-state index contributed by atoms with van der Waals surface area (Å²) < 4.78 is 10.6. The summed E-state index contributed by atoms with van der Waals surface area (Å²) in [7, 11) is 0. The molecule has 2 atom stereocenters. The third-order valence-electron chi connectivity index (χ3n) is 2.87. The largest absolute Gasteiger partial charge is 0.465 e. The van der Waals surface area contributed by atoms with E-state index in [1.54, 1.807) is 0 Å². The van der Waals surface area contributed by atoms with Gasteiger partial charge in [-0.15, -0.1) is 0 Å². The van der Waals surface area contributed by atoms with Gasteiger partial charge in [-0.05, 0) is 32.1 Å². The Hall–Kier alpha value is -0.570. The molecule has 74 valence electrons. The fourth-order valence-corrected chi connectivity index (χ4v) is 2.12. The van der Waals surface area contributed by atoms with Crippen LogP contribution in [-0.2, 0) is 14.3 Å². The van der Waals surface area contributed by atoms with Gasteiger partial charge >= 0.3 is 5.97 Å². The molecule has 2 unspecified atom stereocenters. The summed E-state index contributed by atoms with van der Waals surface area (Å²) in [6.07, 6.45) is 5.44. The summed E-state index contributed by atoms with van der Waals surface area (Å²) in [5.41, 5.74) is 0. The van der Waals surface area contributed by atoms with Crippen molar-refractivity contribution in [1.82, 2.24) is 0 Å². The highest BCUT2D eigenvalue weighted by Gasteiger charge is 2.33. The number of carbonyl (C=O) groups excluding carboxylic acids is 1. The third kappa shape index (κ3) is 2.02. The molecule has 0 bridgehead atoms. The molecule has 3 heteroatoms. The Kier molecular flexibility index (Phi) is 2.83. The molecule has 2 fully saturated rings. The number of hydrogen-bond donors (Lipinski definition) is 0. The minimum Gasteiger partial charge on any atom is -0.465 e. The zero-order valence-electron chi connectivity index (χ0n) is 7.83. The van der Waals surface area contributed by atoms with E-state index in [2.05, 4.69) is 0 Å². The summed E-state index contributed by atoms with van der Waals surface area (Å²) in [5.74, 6) is -0.0211. The Labute approximate surface area is 78.4 Å². The minimum atomic E-state index is -0.0434. The highest BCUT2D eigenvalue weighted by molar-refractivity contribution is 5.73. The van der Waals surface area contributed by atoms with Crippen LogP contribution in [-0.4, -0.2) is 25.3 Å². The first-order chi connectivity index (χ1) is 6.38. The molecule has 0 spiro atoms. The Balaban J connectivity index is 1.92. The van der Waals surface area contributed by atoms with Crippen molar-refractivity contribution < 1.29 is 14.3 Å². The van der Waals surface area contributed by atoms with Gasteiger partial charge in [0.25, 0.3) is 0 Å². The van der Waals surface area contributed by atoms with Crippen LogP contribution in [0.2, 0.25) is 0 Å². The highest BCUT2D eigenvalue weighted by atomic mass is 16.5. The van der Waals surface area contributed by atoms with E-state index in [1.165, 1.54) is 6.42 Å². The Morgan fingerprint density at radius 1 is 1.08 bits per heavy atom. The molecule has 2 heterocycles. The van der Waals surface area contributed by atoms with E-state index in [9.17, 15) is 4.79 Å². The van der Waals surface area contributed by atoms with E-state index in [1.807, 2.05) is 0 Å². The lowest BCUT2D eigenvalue weighted by molar-refractivity contribution is -0.161. The van der Waals surface area contributed by atoms with E-state index in [4.69, 9.17) is 9.47 Å². The Bertz CT molecular complexity index is 185. The normalized spacial score (nSPS) is 35.5. The summed E-state index contributed by atoms with van der Waals surface area (Å²) in [6, 6.07) is 0. The van der Waals surface area contributed by atoms with Crippen LogP contribution in [0, 0.1) is 5.92 Å². The fraction of sp³-hybridized carbons (Fsp3) is 0.900. The molecule has 0 saturated carbocycles. The molecule has 2 rings (SSSR count). The van der Waals surface area contributed by atoms with Crippen LogP contribution < -0.4 is 0 Å². The monoisotopic (exact) mass is 184 g/mol. The van der Waals surface area contributed by atoms with Crippen LogP contribution in [0.3, 0.4) is 0 Å². The lowest BCUT2D eigenvalue weighted by Crippen LogP contribution is -2.37. The number of cyclic esters (lactones) is 1. The van der Waals surface area contributed by atoms with Crippen molar-refractivity contribution in [3.05, 3.63) is 0 Å². The van der Waals surface area contributed by atoms with Crippen molar-refractivity contribution in [2.24, 2.45) is 5.92 Å². The van der Waals surface area contributed by atoms with Gasteiger partial charge in [0.1, 0.15) is 0 Å². The number of esters is 1. The first-order valence-corrected chi connectivity index (χ1v) is 5.16. The molecule has 2 saturated heterocycles. The smallest absolute Gasteiger partial charge is 0.311 e. The summed E-state index contributed by atoms with van der Waals surface area (Å²) in [6.45, 7) is 1.41. The Morgan fingerprint density at radius 2 is 2.00 bits per heavy atom. The number of ether oxygens (including phenoxy) is 2. The molecule has 0 aromatic heterocycles. The standard InChI is InChI=1S/C10H16O3/c11-10-8(4-3-7-13-10)9-5-1-2-6-12-9/h8-9H,1-7H2. The predicted octanol–water partition coefficient (Wildman–Crippen LogP) is 1.51. The highest BCUT2D eigenvalue weighted by Crippen LogP contribution is 2.27. The van der Waals surface area contributed by atoms with Gasteiger partial charge in [0.2, 0.25) is 0 Å². The van der Waals surface area contributed by atoms with Crippen molar-refractivity contribution in [3.63, 3.8) is 0 Å². The van der Waals surface area contributed by atoms with Crippen LogP contribution in [0.1, 0.15) is 32.1 Å². The zero-order chi connectivity index (χ0) is 9.10. The quantitative estimate of drug-likeness (QED) is 0.579. The Morgan fingerprint density at radius 3 is 2.69 bits per heavy atom. The van der Waals surface area contributed by atoms with Gasteiger partial charge in [-0.2, -0.15) is 0 Å². The molecular formula is C10H16O3.